The lowest BCUT2D eigenvalue weighted by molar-refractivity contribution is -0.160. The van der Waals surface area contributed by atoms with Crippen LogP contribution in [0.4, 0.5) is 5.69 Å². The van der Waals surface area contributed by atoms with Gasteiger partial charge in [-0.2, -0.15) is 0 Å². The molecule has 0 saturated carbocycles. The Hall–Kier alpha value is -3.71. The average molecular weight is 515 g/mol. The Morgan fingerprint density at radius 3 is 2.71 bits per heavy atom. The van der Waals surface area contributed by atoms with Crippen LogP contribution >= 0.6 is 0 Å². The number of aromatic nitrogens is 1. The quantitative estimate of drug-likeness (QED) is 0.447. The fraction of sp³-hybridized carbons (Fsp3) is 0.387. The standard InChI is InChI=1S/C31H34N2O5/c1-19-15-24-23(10-12-26(34)33(24)18-20-7-5-13-32-17-20)28(29(30(35)36)38-31(2,3)4)27(19)22-9-11-25-21(16-22)8-6-14-37-25/h5,7,9,11,13,15-17,29H,6,8,10,12,14,18H2,1-4H3,(H,35,36). The monoisotopic (exact) mass is 514 g/mol. The SMILES string of the molecule is Cc1cc2c(c(C(OC(C)(C)C)C(=O)O)c1-c1ccc3c(c1)CCCO3)CCC(=O)N2Cc1cccnc1. The molecule has 2 aliphatic rings. The predicted molar refractivity (Wildman–Crippen MR) is 145 cm³/mol. The first-order chi connectivity index (χ1) is 18.1. The number of rotatable bonds is 6. The molecule has 1 amide bonds. The van der Waals surface area contributed by atoms with E-state index in [1.807, 2.05) is 58.0 Å². The molecule has 38 heavy (non-hydrogen) atoms. The number of aliphatic carboxylic acids is 1. The summed E-state index contributed by atoms with van der Waals surface area (Å²) in [6.45, 7) is 8.63. The number of nitrogens with zero attached hydrogens (tertiary/aromatic N) is 2. The lowest BCUT2D eigenvalue weighted by Crippen LogP contribution is -2.36. The van der Waals surface area contributed by atoms with Crippen LogP contribution in [0.1, 0.15) is 67.5 Å². The maximum atomic E-state index is 13.2. The Labute approximate surface area is 223 Å². The van der Waals surface area contributed by atoms with Gasteiger partial charge in [-0.3, -0.25) is 9.78 Å². The van der Waals surface area contributed by atoms with E-state index in [0.29, 0.717) is 31.6 Å². The van der Waals surface area contributed by atoms with Gasteiger partial charge in [0.1, 0.15) is 5.75 Å². The number of hydrogen-bond acceptors (Lipinski definition) is 5. The third-order valence-electron chi connectivity index (χ3n) is 7.05. The molecule has 7 heteroatoms. The van der Waals surface area contributed by atoms with Crippen LogP contribution in [0, 0.1) is 6.92 Å². The minimum Gasteiger partial charge on any atom is -0.493 e. The summed E-state index contributed by atoms with van der Waals surface area (Å²) in [5.74, 6) is -0.161. The Kier molecular flexibility index (Phi) is 6.97. The number of anilines is 1. The van der Waals surface area contributed by atoms with E-state index < -0.39 is 17.7 Å². The lowest BCUT2D eigenvalue weighted by atomic mass is 9.83. The van der Waals surface area contributed by atoms with E-state index >= 15 is 0 Å². The molecule has 7 nitrogen and oxygen atoms in total. The predicted octanol–water partition coefficient (Wildman–Crippen LogP) is 5.80. The molecule has 0 fully saturated rings. The molecule has 3 heterocycles. The molecule has 0 saturated heterocycles. The smallest absolute Gasteiger partial charge is 0.337 e. The number of aryl methyl sites for hydroxylation is 2. The highest BCUT2D eigenvalue weighted by Crippen LogP contribution is 2.45. The van der Waals surface area contributed by atoms with Crippen molar-refractivity contribution in [3.8, 4) is 16.9 Å². The first-order valence-corrected chi connectivity index (χ1v) is 13.1. The van der Waals surface area contributed by atoms with E-state index in [0.717, 1.165) is 57.7 Å². The van der Waals surface area contributed by atoms with Crippen LogP contribution in [0.15, 0.2) is 48.8 Å². The highest BCUT2D eigenvalue weighted by atomic mass is 16.5. The van der Waals surface area contributed by atoms with Crippen molar-refractivity contribution in [1.82, 2.24) is 4.98 Å². The van der Waals surface area contributed by atoms with Crippen molar-refractivity contribution in [3.05, 3.63) is 76.6 Å². The second kappa shape index (κ2) is 10.2. The number of carboxylic acid groups (broad SMARTS) is 1. The van der Waals surface area contributed by atoms with Crippen molar-refractivity contribution >= 4 is 17.6 Å². The molecule has 3 aromatic rings. The fourth-order valence-corrected chi connectivity index (χ4v) is 5.49. The molecule has 198 valence electrons. The second-order valence-electron chi connectivity index (χ2n) is 11.0. The van der Waals surface area contributed by atoms with Crippen LogP contribution in [-0.2, 0) is 33.7 Å². The number of ether oxygens (including phenoxy) is 2. The topological polar surface area (TPSA) is 89.0 Å². The first kappa shape index (κ1) is 25.9. The largest absolute Gasteiger partial charge is 0.493 e. The van der Waals surface area contributed by atoms with E-state index in [9.17, 15) is 14.7 Å². The van der Waals surface area contributed by atoms with Gasteiger partial charge in [-0.1, -0.05) is 12.1 Å². The van der Waals surface area contributed by atoms with Crippen LogP contribution < -0.4 is 9.64 Å². The Balaban J connectivity index is 1.73. The maximum absolute atomic E-state index is 13.2. The molecule has 5 rings (SSSR count). The van der Waals surface area contributed by atoms with Crippen LogP contribution in [0.3, 0.4) is 0 Å². The Morgan fingerprint density at radius 2 is 2.00 bits per heavy atom. The molecule has 0 bridgehead atoms. The van der Waals surface area contributed by atoms with Crippen molar-refractivity contribution in [3.63, 3.8) is 0 Å². The van der Waals surface area contributed by atoms with E-state index in [2.05, 4.69) is 11.1 Å². The number of amides is 1. The first-order valence-electron chi connectivity index (χ1n) is 13.1. The van der Waals surface area contributed by atoms with E-state index in [1.54, 1.807) is 17.3 Å². The van der Waals surface area contributed by atoms with E-state index in [1.165, 1.54) is 0 Å². The zero-order valence-corrected chi connectivity index (χ0v) is 22.4. The number of carboxylic acids is 1. The summed E-state index contributed by atoms with van der Waals surface area (Å²) >= 11 is 0. The van der Waals surface area contributed by atoms with Gasteiger partial charge in [0.15, 0.2) is 6.10 Å². The third-order valence-corrected chi connectivity index (χ3v) is 7.05. The van der Waals surface area contributed by atoms with Gasteiger partial charge in [0, 0.05) is 30.1 Å². The molecule has 1 atom stereocenters. The number of pyridine rings is 1. The third kappa shape index (κ3) is 5.16. The molecule has 0 radical (unpaired) electrons. The van der Waals surface area contributed by atoms with Gasteiger partial charge in [-0.15, -0.1) is 0 Å². The van der Waals surface area contributed by atoms with Gasteiger partial charge in [0.25, 0.3) is 0 Å². The zero-order valence-electron chi connectivity index (χ0n) is 22.4. The molecule has 0 spiro atoms. The van der Waals surface area contributed by atoms with E-state index in [-0.39, 0.29) is 5.91 Å². The highest BCUT2D eigenvalue weighted by Gasteiger charge is 2.36. The van der Waals surface area contributed by atoms with Crippen LogP contribution in [0.25, 0.3) is 11.1 Å². The van der Waals surface area contributed by atoms with Gasteiger partial charge in [0.2, 0.25) is 5.91 Å². The summed E-state index contributed by atoms with van der Waals surface area (Å²) in [4.78, 5) is 31.9. The molecular weight excluding hydrogens is 480 g/mol. The van der Waals surface area contributed by atoms with Gasteiger partial charge < -0.3 is 19.5 Å². The second-order valence-corrected chi connectivity index (χ2v) is 11.0. The highest BCUT2D eigenvalue weighted by molar-refractivity contribution is 5.98. The minimum absolute atomic E-state index is 0.00833. The number of hydrogen-bond donors (Lipinski definition) is 1. The minimum atomic E-state index is -1.20. The summed E-state index contributed by atoms with van der Waals surface area (Å²) in [5, 5.41) is 10.5. The summed E-state index contributed by atoms with van der Waals surface area (Å²) in [6, 6.07) is 11.9. The molecular formula is C31H34N2O5. The van der Waals surface area contributed by atoms with Crippen molar-refractivity contribution in [1.29, 1.82) is 0 Å². The number of carbonyl (C=O) groups excluding carboxylic acids is 1. The molecule has 1 N–H and O–H groups in total. The van der Waals surface area contributed by atoms with E-state index in [4.69, 9.17) is 9.47 Å². The van der Waals surface area contributed by atoms with Crippen molar-refractivity contribution < 1.29 is 24.2 Å². The van der Waals surface area contributed by atoms with Crippen molar-refractivity contribution in [2.24, 2.45) is 0 Å². The molecule has 2 aromatic carbocycles. The van der Waals surface area contributed by atoms with Gasteiger partial charge in [-0.25, -0.2) is 4.79 Å². The van der Waals surface area contributed by atoms with Gasteiger partial charge >= 0.3 is 5.97 Å². The molecule has 1 aromatic heterocycles. The number of benzene rings is 2. The number of carbonyl (C=O) groups is 2. The van der Waals surface area contributed by atoms with Gasteiger partial charge in [0.05, 0.1) is 18.8 Å². The van der Waals surface area contributed by atoms with Crippen molar-refractivity contribution in [2.45, 2.75) is 71.6 Å². The summed E-state index contributed by atoms with van der Waals surface area (Å²) in [7, 11) is 0. The lowest BCUT2D eigenvalue weighted by Gasteiger charge is -2.35. The van der Waals surface area contributed by atoms with Crippen LogP contribution in [0.5, 0.6) is 5.75 Å². The van der Waals surface area contributed by atoms with Crippen LogP contribution in [0.2, 0.25) is 0 Å². The normalized spacial score (nSPS) is 15.9. The van der Waals surface area contributed by atoms with Crippen LogP contribution in [-0.4, -0.2) is 34.2 Å². The Bertz CT molecular complexity index is 1380. The summed E-state index contributed by atoms with van der Waals surface area (Å²) in [6.07, 6.45) is 4.86. The molecule has 2 aliphatic heterocycles. The fourth-order valence-electron chi connectivity index (χ4n) is 5.49. The molecule has 0 aliphatic carbocycles. The summed E-state index contributed by atoms with van der Waals surface area (Å²) in [5.41, 5.74) is 6.23. The molecule has 1 unspecified atom stereocenters. The maximum Gasteiger partial charge on any atom is 0.337 e. The Morgan fingerprint density at radius 1 is 1.18 bits per heavy atom. The van der Waals surface area contributed by atoms with Crippen molar-refractivity contribution in [2.75, 3.05) is 11.5 Å². The average Bonchev–Trinajstić information content (AvgIpc) is 2.88. The zero-order chi connectivity index (χ0) is 27.0. The number of fused-ring (bicyclic) bond motifs is 2. The van der Waals surface area contributed by atoms with Gasteiger partial charge in [-0.05, 0) is 105 Å². The summed E-state index contributed by atoms with van der Waals surface area (Å²) < 4.78 is 12.1.